The standard InChI is InChI=1S/C25H34N2/c1-18-17-27(14-13-26-18)21-8-6-7-19(15-21)20-9-10-22-23(16-20)25(4,5)12-11-24(22,2)3/h6-10,15-16,18,26H,11-14,17H2,1-5H3/t18-/m0/s1. The van der Waals surface area contributed by atoms with Crippen LogP contribution in [0, 0.1) is 0 Å². The van der Waals surface area contributed by atoms with Gasteiger partial charge in [-0.3, -0.25) is 0 Å². The Bertz CT molecular complexity index is 834. The van der Waals surface area contributed by atoms with E-state index < -0.39 is 0 Å². The van der Waals surface area contributed by atoms with Crippen LogP contribution in [0.15, 0.2) is 42.5 Å². The van der Waals surface area contributed by atoms with Crippen molar-refractivity contribution in [2.75, 3.05) is 24.5 Å². The van der Waals surface area contributed by atoms with E-state index in [1.165, 1.54) is 40.8 Å². The summed E-state index contributed by atoms with van der Waals surface area (Å²) in [6.07, 6.45) is 2.53. The molecule has 1 aliphatic heterocycles. The summed E-state index contributed by atoms with van der Waals surface area (Å²) in [5.74, 6) is 0. The van der Waals surface area contributed by atoms with E-state index in [0.29, 0.717) is 6.04 Å². The Morgan fingerprint density at radius 1 is 0.889 bits per heavy atom. The third-order valence-electron chi connectivity index (χ3n) is 6.77. The van der Waals surface area contributed by atoms with E-state index in [9.17, 15) is 0 Å². The van der Waals surface area contributed by atoms with E-state index in [4.69, 9.17) is 0 Å². The summed E-state index contributed by atoms with van der Waals surface area (Å²) in [7, 11) is 0. The molecule has 1 fully saturated rings. The van der Waals surface area contributed by atoms with Crippen molar-refractivity contribution in [1.82, 2.24) is 5.32 Å². The summed E-state index contributed by atoms with van der Waals surface area (Å²) in [5.41, 5.74) is 7.64. The van der Waals surface area contributed by atoms with Crippen molar-refractivity contribution in [1.29, 1.82) is 0 Å². The number of hydrogen-bond acceptors (Lipinski definition) is 2. The van der Waals surface area contributed by atoms with Gasteiger partial charge in [0.1, 0.15) is 0 Å². The minimum Gasteiger partial charge on any atom is -0.369 e. The number of anilines is 1. The fourth-order valence-corrected chi connectivity index (χ4v) is 4.82. The van der Waals surface area contributed by atoms with Gasteiger partial charge in [0.2, 0.25) is 0 Å². The summed E-state index contributed by atoms with van der Waals surface area (Å²) < 4.78 is 0. The molecule has 1 heterocycles. The molecular weight excluding hydrogens is 328 g/mol. The van der Waals surface area contributed by atoms with Crippen LogP contribution in [0.5, 0.6) is 0 Å². The molecule has 1 N–H and O–H groups in total. The molecule has 144 valence electrons. The van der Waals surface area contributed by atoms with Gasteiger partial charge in [-0.1, -0.05) is 58.0 Å². The van der Waals surface area contributed by atoms with Crippen LogP contribution >= 0.6 is 0 Å². The first-order valence-electron chi connectivity index (χ1n) is 10.5. The van der Waals surface area contributed by atoms with E-state index in [0.717, 1.165) is 19.6 Å². The molecule has 2 nitrogen and oxygen atoms in total. The molecule has 0 aromatic heterocycles. The summed E-state index contributed by atoms with van der Waals surface area (Å²) in [4.78, 5) is 2.51. The number of rotatable bonds is 2. The highest BCUT2D eigenvalue weighted by Crippen LogP contribution is 2.46. The zero-order chi connectivity index (χ0) is 19.2. The third-order valence-corrected chi connectivity index (χ3v) is 6.77. The van der Waals surface area contributed by atoms with Crippen LogP contribution in [0.2, 0.25) is 0 Å². The van der Waals surface area contributed by atoms with E-state index in [-0.39, 0.29) is 10.8 Å². The average Bonchev–Trinajstić information content (AvgIpc) is 2.65. The van der Waals surface area contributed by atoms with Gasteiger partial charge >= 0.3 is 0 Å². The summed E-state index contributed by atoms with van der Waals surface area (Å²) in [6, 6.07) is 16.9. The molecule has 0 saturated carbocycles. The highest BCUT2D eigenvalue weighted by molar-refractivity contribution is 5.70. The maximum atomic E-state index is 3.54. The molecule has 2 heteroatoms. The predicted molar refractivity (Wildman–Crippen MR) is 117 cm³/mol. The van der Waals surface area contributed by atoms with Crippen LogP contribution in [-0.4, -0.2) is 25.7 Å². The van der Waals surface area contributed by atoms with Crippen molar-refractivity contribution in [3.05, 3.63) is 53.6 Å². The molecule has 4 rings (SSSR count). The van der Waals surface area contributed by atoms with Gasteiger partial charge in [0, 0.05) is 31.4 Å². The lowest BCUT2D eigenvalue weighted by molar-refractivity contribution is 0.332. The minimum atomic E-state index is 0.256. The number of benzene rings is 2. The molecule has 2 aromatic carbocycles. The number of nitrogens with zero attached hydrogens (tertiary/aromatic N) is 1. The van der Waals surface area contributed by atoms with E-state index in [1.807, 2.05) is 0 Å². The van der Waals surface area contributed by atoms with Gasteiger partial charge in [-0.15, -0.1) is 0 Å². The lowest BCUT2D eigenvalue weighted by Gasteiger charge is -2.42. The molecule has 1 atom stereocenters. The van der Waals surface area contributed by atoms with E-state index >= 15 is 0 Å². The SMILES string of the molecule is C[C@H]1CN(c2cccc(-c3ccc4c(c3)C(C)(C)CCC4(C)C)c2)CCN1. The molecule has 0 radical (unpaired) electrons. The second kappa shape index (κ2) is 6.67. The predicted octanol–water partition coefficient (Wildman–Crippen LogP) is 5.50. The van der Waals surface area contributed by atoms with Gasteiger partial charge in [0.05, 0.1) is 0 Å². The third kappa shape index (κ3) is 3.52. The quantitative estimate of drug-likeness (QED) is 0.759. The Hall–Kier alpha value is -1.80. The smallest absolute Gasteiger partial charge is 0.0373 e. The minimum absolute atomic E-state index is 0.256. The molecule has 0 spiro atoms. The Morgan fingerprint density at radius 2 is 1.59 bits per heavy atom. The van der Waals surface area contributed by atoms with Gasteiger partial charge in [0.25, 0.3) is 0 Å². The Labute approximate surface area is 165 Å². The first kappa shape index (κ1) is 18.6. The molecule has 2 aromatic rings. The van der Waals surface area contributed by atoms with Crippen LogP contribution in [0.25, 0.3) is 11.1 Å². The first-order chi connectivity index (χ1) is 12.8. The molecular formula is C25H34N2. The number of fused-ring (bicyclic) bond motifs is 1. The number of nitrogens with one attached hydrogen (secondary N) is 1. The second-order valence-electron chi connectivity index (χ2n) is 9.88. The first-order valence-corrected chi connectivity index (χ1v) is 10.5. The zero-order valence-electron chi connectivity index (χ0n) is 17.6. The van der Waals surface area contributed by atoms with Crippen LogP contribution in [0.1, 0.15) is 58.6 Å². The van der Waals surface area contributed by atoms with Crippen LogP contribution in [0.3, 0.4) is 0 Å². The van der Waals surface area contributed by atoms with Gasteiger partial charge in [-0.2, -0.15) is 0 Å². The second-order valence-corrected chi connectivity index (χ2v) is 9.88. The lowest BCUT2D eigenvalue weighted by atomic mass is 9.63. The van der Waals surface area contributed by atoms with Crippen molar-refractivity contribution in [2.45, 2.75) is 64.3 Å². The van der Waals surface area contributed by atoms with Crippen LogP contribution in [-0.2, 0) is 10.8 Å². The number of hydrogen-bond donors (Lipinski definition) is 1. The summed E-state index contributed by atoms with van der Waals surface area (Å²) >= 11 is 0. The molecule has 0 unspecified atom stereocenters. The van der Waals surface area contributed by atoms with Crippen molar-refractivity contribution in [3.8, 4) is 11.1 Å². The van der Waals surface area contributed by atoms with Crippen molar-refractivity contribution in [3.63, 3.8) is 0 Å². The molecule has 0 amide bonds. The van der Waals surface area contributed by atoms with Crippen molar-refractivity contribution < 1.29 is 0 Å². The lowest BCUT2D eigenvalue weighted by Crippen LogP contribution is -2.49. The molecule has 1 aliphatic carbocycles. The van der Waals surface area contributed by atoms with Gasteiger partial charge in [-0.05, 0) is 65.0 Å². The molecule has 1 saturated heterocycles. The Morgan fingerprint density at radius 3 is 2.33 bits per heavy atom. The van der Waals surface area contributed by atoms with Crippen molar-refractivity contribution >= 4 is 5.69 Å². The topological polar surface area (TPSA) is 15.3 Å². The number of piperazine rings is 1. The van der Waals surface area contributed by atoms with Gasteiger partial charge in [0.15, 0.2) is 0 Å². The van der Waals surface area contributed by atoms with Crippen LogP contribution in [0.4, 0.5) is 5.69 Å². The highest BCUT2D eigenvalue weighted by Gasteiger charge is 2.36. The monoisotopic (exact) mass is 362 g/mol. The Balaban J connectivity index is 1.71. The largest absolute Gasteiger partial charge is 0.369 e. The van der Waals surface area contributed by atoms with Gasteiger partial charge < -0.3 is 10.2 Å². The average molecular weight is 363 g/mol. The fraction of sp³-hybridized carbons (Fsp3) is 0.520. The van der Waals surface area contributed by atoms with E-state index in [2.05, 4.69) is 87.3 Å². The van der Waals surface area contributed by atoms with Crippen LogP contribution < -0.4 is 10.2 Å². The van der Waals surface area contributed by atoms with Gasteiger partial charge in [-0.25, -0.2) is 0 Å². The summed E-state index contributed by atoms with van der Waals surface area (Å²) in [5, 5.41) is 3.54. The van der Waals surface area contributed by atoms with E-state index in [1.54, 1.807) is 0 Å². The molecule has 2 aliphatic rings. The fourth-order valence-electron chi connectivity index (χ4n) is 4.82. The summed E-state index contributed by atoms with van der Waals surface area (Å²) in [6.45, 7) is 15.1. The normalized spacial score (nSPS) is 23.7. The maximum Gasteiger partial charge on any atom is 0.0373 e. The zero-order valence-corrected chi connectivity index (χ0v) is 17.6. The maximum absolute atomic E-state index is 3.54. The highest BCUT2D eigenvalue weighted by atomic mass is 15.2. The Kier molecular flexibility index (Phi) is 4.58. The molecule has 0 bridgehead atoms. The van der Waals surface area contributed by atoms with Crippen molar-refractivity contribution in [2.24, 2.45) is 0 Å². The molecule has 27 heavy (non-hydrogen) atoms.